The Balaban J connectivity index is 0.00000676. The molecule has 0 radical (unpaired) electrons. The first-order valence-corrected chi connectivity index (χ1v) is 9.58. The lowest BCUT2D eigenvalue weighted by Gasteiger charge is -2.19. The van der Waals surface area contributed by atoms with Crippen molar-refractivity contribution in [2.75, 3.05) is 26.2 Å². The van der Waals surface area contributed by atoms with E-state index in [1.807, 2.05) is 27.7 Å². The van der Waals surface area contributed by atoms with Crippen molar-refractivity contribution in [3.63, 3.8) is 0 Å². The molecule has 0 heterocycles. The van der Waals surface area contributed by atoms with Crippen molar-refractivity contribution in [3.8, 4) is 0 Å². The summed E-state index contributed by atoms with van der Waals surface area (Å²) >= 11 is 0. The molecule has 4 N–H and O–H groups in total. The van der Waals surface area contributed by atoms with E-state index in [0.29, 0.717) is 32.1 Å². The van der Waals surface area contributed by atoms with Crippen LogP contribution in [0.15, 0.2) is 4.99 Å². The third-order valence-electron chi connectivity index (χ3n) is 3.43. The van der Waals surface area contributed by atoms with E-state index in [4.69, 9.17) is 4.74 Å². The van der Waals surface area contributed by atoms with Gasteiger partial charge in [-0.15, -0.1) is 24.0 Å². The maximum absolute atomic E-state index is 11.6. The van der Waals surface area contributed by atoms with E-state index in [-0.39, 0.29) is 29.9 Å². The van der Waals surface area contributed by atoms with Gasteiger partial charge in [0.05, 0.1) is 0 Å². The fraction of sp³-hybridized carbons (Fsp3) is 0.833. The van der Waals surface area contributed by atoms with Crippen LogP contribution in [-0.2, 0) is 9.53 Å². The zero-order chi connectivity index (χ0) is 19.4. The van der Waals surface area contributed by atoms with Gasteiger partial charge in [-0.1, -0.05) is 0 Å². The predicted molar refractivity (Wildman–Crippen MR) is 119 cm³/mol. The van der Waals surface area contributed by atoms with E-state index in [9.17, 15) is 9.59 Å². The maximum atomic E-state index is 11.6. The van der Waals surface area contributed by atoms with Gasteiger partial charge in [0, 0.05) is 38.6 Å². The molecule has 2 amide bonds. The minimum atomic E-state index is -0.486. The van der Waals surface area contributed by atoms with E-state index < -0.39 is 11.7 Å². The van der Waals surface area contributed by atoms with Crippen LogP contribution in [0, 0.1) is 0 Å². The number of alkyl carbamates (subject to hydrolysis) is 1. The third-order valence-corrected chi connectivity index (χ3v) is 3.43. The van der Waals surface area contributed by atoms with Crippen molar-refractivity contribution in [1.82, 2.24) is 21.3 Å². The average Bonchev–Trinajstić information content (AvgIpc) is 3.33. The lowest BCUT2D eigenvalue weighted by Crippen LogP contribution is -2.38. The molecular weight excluding hydrogens is 461 g/mol. The highest BCUT2D eigenvalue weighted by Crippen LogP contribution is 2.18. The van der Waals surface area contributed by atoms with Gasteiger partial charge in [-0.05, 0) is 53.4 Å². The molecule has 0 spiro atoms. The second-order valence-electron chi connectivity index (χ2n) is 7.41. The number of aliphatic imine (C=N–C) groups is 1. The number of ether oxygens (including phenoxy) is 1. The SMILES string of the molecule is CCNC(=NCCCNC(=O)OC(C)(C)C)NCCCC(=O)NC1CC1.I. The molecule has 0 unspecified atom stereocenters. The topological polar surface area (TPSA) is 104 Å². The Kier molecular flexibility index (Phi) is 13.2. The highest BCUT2D eigenvalue weighted by molar-refractivity contribution is 14.0. The number of nitrogens with one attached hydrogen (secondary N) is 4. The summed E-state index contributed by atoms with van der Waals surface area (Å²) in [5, 5.41) is 12.1. The normalized spacial score (nSPS) is 14.0. The number of rotatable bonds is 10. The molecule has 0 aromatic rings. The Labute approximate surface area is 180 Å². The van der Waals surface area contributed by atoms with Crippen LogP contribution < -0.4 is 21.3 Å². The molecule has 158 valence electrons. The molecule has 0 aliphatic heterocycles. The fourth-order valence-electron chi connectivity index (χ4n) is 2.10. The van der Waals surface area contributed by atoms with E-state index in [1.165, 1.54) is 0 Å². The van der Waals surface area contributed by atoms with Crippen LogP contribution in [0.2, 0.25) is 0 Å². The zero-order valence-electron chi connectivity index (χ0n) is 17.0. The van der Waals surface area contributed by atoms with E-state index >= 15 is 0 Å². The average molecular weight is 497 g/mol. The summed E-state index contributed by atoms with van der Waals surface area (Å²) in [6, 6.07) is 0.420. The lowest BCUT2D eigenvalue weighted by atomic mass is 10.2. The number of guanidine groups is 1. The maximum Gasteiger partial charge on any atom is 0.407 e. The Bertz CT molecular complexity index is 476. The van der Waals surface area contributed by atoms with Crippen LogP contribution in [-0.4, -0.2) is 55.8 Å². The number of amides is 2. The number of halogens is 1. The first kappa shape index (κ1) is 25.7. The van der Waals surface area contributed by atoms with E-state index in [0.717, 1.165) is 38.2 Å². The smallest absolute Gasteiger partial charge is 0.407 e. The zero-order valence-corrected chi connectivity index (χ0v) is 19.4. The van der Waals surface area contributed by atoms with Gasteiger partial charge in [-0.25, -0.2) is 4.79 Å². The Morgan fingerprint density at radius 3 is 2.33 bits per heavy atom. The number of carbonyl (C=O) groups excluding carboxylic acids is 2. The summed E-state index contributed by atoms with van der Waals surface area (Å²) in [5.74, 6) is 0.858. The van der Waals surface area contributed by atoms with Crippen LogP contribution in [0.3, 0.4) is 0 Å². The van der Waals surface area contributed by atoms with Crippen LogP contribution in [0.4, 0.5) is 4.79 Å². The second kappa shape index (κ2) is 13.8. The molecule has 9 heteroatoms. The molecule has 0 bridgehead atoms. The van der Waals surface area contributed by atoms with E-state index in [1.54, 1.807) is 0 Å². The summed E-state index contributed by atoms with van der Waals surface area (Å²) < 4.78 is 5.17. The first-order valence-electron chi connectivity index (χ1n) is 9.58. The molecule has 1 rings (SSSR count). The molecule has 1 aliphatic rings. The highest BCUT2D eigenvalue weighted by Gasteiger charge is 2.22. The van der Waals surface area contributed by atoms with Crippen LogP contribution >= 0.6 is 24.0 Å². The summed E-state index contributed by atoms with van der Waals surface area (Å²) in [5.41, 5.74) is -0.486. The van der Waals surface area contributed by atoms with Crippen LogP contribution in [0.25, 0.3) is 0 Å². The molecule has 1 fully saturated rings. The minimum Gasteiger partial charge on any atom is -0.444 e. The number of nitrogens with zero attached hydrogens (tertiary/aromatic N) is 1. The van der Waals surface area contributed by atoms with Crippen molar-refractivity contribution in [2.45, 2.75) is 71.4 Å². The minimum absolute atomic E-state index is 0. The van der Waals surface area contributed by atoms with Gasteiger partial charge in [-0.3, -0.25) is 9.79 Å². The summed E-state index contributed by atoms with van der Waals surface area (Å²) in [7, 11) is 0. The summed E-state index contributed by atoms with van der Waals surface area (Å²) in [4.78, 5) is 27.6. The molecule has 0 saturated heterocycles. The fourth-order valence-corrected chi connectivity index (χ4v) is 2.10. The Morgan fingerprint density at radius 1 is 1.07 bits per heavy atom. The van der Waals surface area contributed by atoms with Gasteiger partial charge in [0.15, 0.2) is 5.96 Å². The number of hydrogen-bond acceptors (Lipinski definition) is 4. The molecule has 0 aromatic heterocycles. The third kappa shape index (κ3) is 15.5. The van der Waals surface area contributed by atoms with Crippen LogP contribution in [0.5, 0.6) is 0 Å². The summed E-state index contributed by atoms with van der Waals surface area (Å²) in [6.45, 7) is 10.1. The van der Waals surface area contributed by atoms with Gasteiger partial charge >= 0.3 is 6.09 Å². The van der Waals surface area contributed by atoms with Crippen molar-refractivity contribution in [2.24, 2.45) is 4.99 Å². The van der Waals surface area contributed by atoms with Gasteiger partial charge in [0.2, 0.25) is 5.91 Å². The lowest BCUT2D eigenvalue weighted by molar-refractivity contribution is -0.121. The van der Waals surface area contributed by atoms with Gasteiger partial charge in [0.1, 0.15) is 5.60 Å². The molecule has 27 heavy (non-hydrogen) atoms. The second-order valence-corrected chi connectivity index (χ2v) is 7.41. The largest absolute Gasteiger partial charge is 0.444 e. The van der Waals surface area contributed by atoms with Gasteiger partial charge < -0.3 is 26.0 Å². The van der Waals surface area contributed by atoms with Crippen molar-refractivity contribution < 1.29 is 14.3 Å². The molecule has 1 saturated carbocycles. The number of hydrogen-bond donors (Lipinski definition) is 4. The molecule has 8 nitrogen and oxygen atoms in total. The van der Waals surface area contributed by atoms with Crippen molar-refractivity contribution in [1.29, 1.82) is 0 Å². The Hall–Kier alpha value is -1.26. The predicted octanol–water partition coefficient (Wildman–Crippen LogP) is 2.13. The van der Waals surface area contributed by atoms with Crippen molar-refractivity contribution in [3.05, 3.63) is 0 Å². The quantitative estimate of drug-likeness (QED) is 0.160. The molecule has 0 aromatic carbocycles. The molecule has 0 atom stereocenters. The molecule has 1 aliphatic carbocycles. The highest BCUT2D eigenvalue weighted by atomic mass is 127. The number of carbonyl (C=O) groups is 2. The summed E-state index contributed by atoms with van der Waals surface area (Å²) in [6.07, 6.45) is 3.84. The monoisotopic (exact) mass is 497 g/mol. The Morgan fingerprint density at radius 2 is 1.74 bits per heavy atom. The van der Waals surface area contributed by atoms with Gasteiger partial charge in [0.25, 0.3) is 0 Å². The van der Waals surface area contributed by atoms with Crippen LogP contribution in [0.1, 0.15) is 59.8 Å². The van der Waals surface area contributed by atoms with Gasteiger partial charge in [-0.2, -0.15) is 0 Å². The standard InChI is InChI=1S/C18H35N5O3.HI/c1-5-19-16(20-11-6-8-15(24)23-14-9-10-14)21-12-7-13-22-17(25)26-18(2,3)4;/h14H,5-13H2,1-4H3,(H,22,25)(H,23,24)(H2,19,20,21);1H. The van der Waals surface area contributed by atoms with E-state index in [2.05, 4.69) is 26.3 Å². The van der Waals surface area contributed by atoms with Crippen molar-refractivity contribution >= 4 is 41.9 Å². The first-order chi connectivity index (χ1) is 12.3. The molecular formula is C18H36IN5O3.